The minimum absolute atomic E-state index is 0.128. The average molecular weight is 459 g/mol. The van der Waals surface area contributed by atoms with E-state index in [2.05, 4.69) is 4.98 Å². The van der Waals surface area contributed by atoms with Gasteiger partial charge in [0.2, 0.25) is 0 Å². The normalized spacial score (nSPS) is 18.4. The van der Waals surface area contributed by atoms with Crippen LogP contribution in [0, 0.1) is 32.9 Å². The van der Waals surface area contributed by atoms with E-state index in [0.717, 1.165) is 16.3 Å². The number of nitrogens with zero attached hydrogens (tertiary/aromatic N) is 1. The smallest absolute Gasteiger partial charge is 0.144 e. The van der Waals surface area contributed by atoms with E-state index < -0.39 is 32.3 Å². The maximum Gasteiger partial charge on any atom is 0.144 e. The molecule has 0 saturated carbocycles. The number of pyridine rings is 1. The fraction of sp³-hybridized carbons (Fsp3) is 0.281. The topological polar surface area (TPSA) is 26.0 Å². The van der Waals surface area contributed by atoms with Gasteiger partial charge < -0.3 is 4.42 Å². The van der Waals surface area contributed by atoms with Crippen LogP contribution in [-0.2, 0) is 6.37 Å². The number of hydrogen-bond acceptors (Lipinski definition) is 2. The van der Waals surface area contributed by atoms with E-state index >= 15 is 0 Å². The number of fused-ring (bicyclic) bond motifs is 3. The van der Waals surface area contributed by atoms with Gasteiger partial charge in [0.25, 0.3) is 0 Å². The minimum Gasteiger partial charge on any atom is -0.455 e. The molecule has 0 radical (unpaired) electrons. The predicted octanol–water partition coefficient (Wildman–Crippen LogP) is 9.14. The molecule has 2 heterocycles. The zero-order valence-corrected chi connectivity index (χ0v) is 19.6. The average Bonchev–Trinajstić information content (AvgIpc) is 3.29. The second-order valence-electron chi connectivity index (χ2n) is 9.70. The van der Waals surface area contributed by atoms with E-state index in [1.165, 1.54) is 36.5 Å². The molecule has 3 aromatic carbocycles. The molecule has 0 unspecified atom stereocenters. The summed E-state index contributed by atoms with van der Waals surface area (Å²) in [6.45, 7) is -0.676. The van der Waals surface area contributed by atoms with E-state index in [4.69, 9.17) is 19.5 Å². The molecule has 0 saturated heterocycles. The van der Waals surface area contributed by atoms with Gasteiger partial charge in [-0.1, -0.05) is 57.2 Å². The lowest BCUT2D eigenvalue weighted by molar-refractivity contribution is 0.411. The fourth-order valence-electron chi connectivity index (χ4n) is 4.45. The van der Waals surface area contributed by atoms with Crippen LogP contribution in [0.3, 0.4) is 0 Å². The Morgan fingerprint density at radius 3 is 2.50 bits per heavy atom. The maximum atomic E-state index is 8.71. The number of furan rings is 1. The van der Waals surface area contributed by atoms with Crippen molar-refractivity contribution in [3.8, 4) is 22.4 Å². The third-order valence-corrected chi connectivity index (χ3v) is 5.80. The summed E-state index contributed by atoms with van der Waals surface area (Å²) >= 11 is 0. The second-order valence-corrected chi connectivity index (χ2v) is 9.70. The lowest BCUT2D eigenvalue weighted by atomic mass is 9.86. The van der Waals surface area contributed by atoms with Gasteiger partial charge in [-0.05, 0) is 96.4 Å². The summed E-state index contributed by atoms with van der Waals surface area (Å²) in [5, 5.41) is 1.46. The molecule has 0 fully saturated rings. The molecule has 0 bridgehead atoms. The van der Waals surface area contributed by atoms with Crippen molar-refractivity contribution in [1.29, 1.82) is 0 Å². The Morgan fingerprint density at radius 2 is 1.74 bits per heavy atom. The van der Waals surface area contributed by atoms with Gasteiger partial charge in [-0.2, -0.15) is 0 Å². The number of aromatic nitrogens is 1. The highest BCUT2D eigenvalue weighted by Gasteiger charge is 2.17. The second kappa shape index (κ2) is 8.13. The van der Waals surface area contributed by atoms with Crippen molar-refractivity contribution in [1.82, 2.24) is 4.98 Å². The van der Waals surface area contributed by atoms with Crippen LogP contribution in [0.1, 0.15) is 63.7 Å². The van der Waals surface area contributed by atoms with Crippen molar-refractivity contribution in [2.75, 3.05) is 0 Å². The Kier molecular flexibility index (Phi) is 3.08. The first-order chi connectivity index (χ1) is 20.5. The van der Waals surface area contributed by atoms with Crippen LogP contribution in [0.25, 0.3) is 44.3 Å². The van der Waals surface area contributed by atoms with Crippen LogP contribution in [0.4, 0.5) is 0 Å². The number of benzene rings is 3. The Labute approximate surface area is 218 Å². The zero-order valence-electron chi connectivity index (χ0n) is 30.6. The third kappa shape index (κ3) is 4.03. The fourth-order valence-corrected chi connectivity index (χ4v) is 4.45. The number of hydrogen-bond donors (Lipinski definition) is 0. The van der Waals surface area contributed by atoms with Crippen molar-refractivity contribution in [3.05, 3.63) is 88.6 Å². The Bertz CT molecular complexity index is 1940. The van der Waals surface area contributed by atoms with Crippen LogP contribution in [0.15, 0.2) is 65.2 Å². The molecule has 0 aliphatic rings. The van der Waals surface area contributed by atoms with E-state index in [9.17, 15) is 0 Å². The lowest BCUT2D eigenvalue weighted by Crippen LogP contribution is -2.09. The van der Waals surface area contributed by atoms with Crippen molar-refractivity contribution in [3.63, 3.8) is 0 Å². The van der Waals surface area contributed by atoms with Crippen LogP contribution in [0.5, 0.6) is 0 Å². The number of rotatable bonds is 3. The quantitative estimate of drug-likeness (QED) is 0.269. The third-order valence-electron chi connectivity index (χ3n) is 5.80. The first kappa shape index (κ1) is 12.9. The molecule has 5 rings (SSSR count). The van der Waals surface area contributed by atoms with Gasteiger partial charge >= 0.3 is 0 Å². The summed E-state index contributed by atoms with van der Waals surface area (Å²) in [6, 6.07) is 14.3. The van der Waals surface area contributed by atoms with Crippen molar-refractivity contribution in [2.24, 2.45) is 5.41 Å². The largest absolute Gasteiger partial charge is 0.455 e. The van der Waals surface area contributed by atoms with Gasteiger partial charge in [-0.25, -0.2) is 0 Å². The highest BCUT2D eigenvalue weighted by Crippen LogP contribution is 2.38. The Hall–Kier alpha value is -3.39. The van der Waals surface area contributed by atoms with Crippen LogP contribution < -0.4 is 0 Å². The van der Waals surface area contributed by atoms with E-state index in [0.29, 0.717) is 22.4 Å². The van der Waals surface area contributed by atoms with Gasteiger partial charge in [-0.3, -0.25) is 4.98 Å². The highest BCUT2D eigenvalue weighted by atomic mass is 16.3. The molecular weight excluding hydrogens is 414 g/mol. The SMILES string of the molecule is [2H]C([2H])([2H])c1cc(C)c2c(c1)oc1c(-c3cc(-c4ccc(C([2H])([2H])C(C)(C)C)cc4C([2H])([2H])[2H])c(C([2H])([2H])[2H])cn3)cccc12. The van der Waals surface area contributed by atoms with Gasteiger partial charge in [0.15, 0.2) is 0 Å². The summed E-state index contributed by atoms with van der Waals surface area (Å²) in [5.74, 6) is 0. The summed E-state index contributed by atoms with van der Waals surface area (Å²) in [7, 11) is 0. The number of aryl methyl sites for hydroxylation is 4. The summed E-state index contributed by atoms with van der Waals surface area (Å²) < 4.78 is 96.8. The van der Waals surface area contributed by atoms with Crippen molar-refractivity contribution >= 4 is 21.9 Å². The first-order valence-electron chi connectivity index (χ1n) is 16.6. The molecule has 0 amide bonds. The Balaban J connectivity index is 1.79. The van der Waals surface area contributed by atoms with Gasteiger partial charge in [0.1, 0.15) is 11.2 Å². The van der Waals surface area contributed by atoms with E-state index in [-0.39, 0.29) is 33.4 Å². The molecule has 2 aromatic heterocycles. The van der Waals surface area contributed by atoms with Gasteiger partial charge in [0.05, 0.1) is 5.69 Å². The monoisotopic (exact) mass is 458 g/mol. The molecule has 0 N–H and O–H groups in total. The molecule has 2 heteroatoms. The van der Waals surface area contributed by atoms with Crippen LogP contribution in [0.2, 0.25) is 0 Å². The minimum atomic E-state index is -2.69. The molecule has 34 heavy (non-hydrogen) atoms. The zero-order chi connectivity index (χ0) is 33.5. The van der Waals surface area contributed by atoms with Crippen molar-refractivity contribution in [2.45, 2.75) is 54.6 Å². The first-order valence-corrected chi connectivity index (χ1v) is 11.1. The lowest BCUT2D eigenvalue weighted by Gasteiger charge is -2.19. The summed E-state index contributed by atoms with van der Waals surface area (Å²) in [4.78, 5) is 4.47. The van der Waals surface area contributed by atoms with Gasteiger partial charge in [-0.15, -0.1) is 0 Å². The molecule has 172 valence electrons. The molecule has 0 spiro atoms. The van der Waals surface area contributed by atoms with Crippen molar-refractivity contribution < 1.29 is 19.5 Å². The molecule has 0 aliphatic heterocycles. The van der Waals surface area contributed by atoms with Crippen LogP contribution in [-0.4, -0.2) is 4.98 Å². The van der Waals surface area contributed by atoms with Gasteiger partial charge in [0, 0.05) is 37.6 Å². The summed E-state index contributed by atoms with van der Waals surface area (Å²) in [5.41, 5.74) is 1.76. The summed E-state index contributed by atoms with van der Waals surface area (Å²) in [6.07, 6.45) is -0.668. The van der Waals surface area contributed by atoms with Crippen LogP contribution >= 0.6 is 0 Å². The molecule has 2 nitrogen and oxygen atoms in total. The molecule has 0 aliphatic carbocycles. The van der Waals surface area contributed by atoms with E-state index in [1.807, 2.05) is 13.0 Å². The predicted molar refractivity (Wildman–Crippen MR) is 144 cm³/mol. The van der Waals surface area contributed by atoms with E-state index in [1.54, 1.807) is 39.0 Å². The maximum absolute atomic E-state index is 8.71. The Morgan fingerprint density at radius 1 is 0.882 bits per heavy atom. The highest BCUT2D eigenvalue weighted by molar-refractivity contribution is 6.10. The number of para-hydroxylation sites is 1. The standard InChI is InChI=1S/C32H33NO/c1-19-13-21(3)30-26-10-8-9-25(31(26)34-29(30)14-19)28-16-27(22(4)18-33-28)24-12-11-23(15-20(24)2)17-32(5,6)7/h8-16,18H,17H2,1-7H3/i1D3,2D3,4D3,17D2. The molecule has 5 aromatic rings. The molecular formula is C32H33NO. The molecule has 0 atom stereocenters.